The first kappa shape index (κ1) is 25.1. The Kier molecular flexibility index (Phi) is 6.61. The van der Waals surface area contributed by atoms with Gasteiger partial charge in [0.25, 0.3) is 5.56 Å². The standard InChI is InChI=1S/C28H30N2O7/c1-16(2)28(33,14-31)21-10-23-26-19(12-30(23)27(32)20(21)13-35-4)17(7-5-6-8-34-3)18-9-24-25(37-15-36-24)11-22(18)29-26/h5,7,9-11,14,16,33H,6,8,12-13,15H2,1-4H3/b7-5+/t28-/m0/s1. The highest BCUT2D eigenvalue weighted by atomic mass is 16.7. The summed E-state index contributed by atoms with van der Waals surface area (Å²) in [6, 6.07) is 5.46. The van der Waals surface area contributed by atoms with Crippen molar-refractivity contribution in [1.82, 2.24) is 9.55 Å². The molecule has 1 atom stereocenters. The number of nitrogens with zero attached hydrogens (tertiary/aromatic N) is 2. The molecule has 0 bridgehead atoms. The molecule has 1 aromatic carbocycles. The molecule has 0 radical (unpaired) electrons. The predicted molar refractivity (Wildman–Crippen MR) is 138 cm³/mol. The molecule has 4 heterocycles. The van der Waals surface area contributed by atoms with Crippen molar-refractivity contribution in [3.8, 4) is 22.9 Å². The molecule has 0 fully saturated rings. The number of methoxy groups -OCH3 is 2. The van der Waals surface area contributed by atoms with Crippen LogP contribution >= 0.6 is 0 Å². The summed E-state index contributed by atoms with van der Waals surface area (Å²) in [4.78, 5) is 30.8. The third-order valence-corrected chi connectivity index (χ3v) is 7.14. The Morgan fingerprint density at radius 3 is 2.62 bits per heavy atom. The van der Waals surface area contributed by atoms with Crippen LogP contribution in [0, 0.1) is 5.92 Å². The molecule has 2 aliphatic rings. The van der Waals surface area contributed by atoms with E-state index in [0.29, 0.717) is 47.8 Å². The Morgan fingerprint density at radius 1 is 1.19 bits per heavy atom. The van der Waals surface area contributed by atoms with Gasteiger partial charge in [0.05, 0.1) is 30.1 Å². The van der Waals surface area contributed by atoms with Gasteiger partial charge in [0.15, 0.2) is 17.8 Å². The van der Waals surface area contributed by atoms with Gasteiger partial charge in [0, 0.05) is 49.0 Å². The molecule has 3 aromatic rings. The van der Waals surface area contributed by atoms with Crippen LogP contribution in [0.4, 0.5) is 0 Å². The van der Waals surface area contributed by atoms with E-state index in [1.54, 1.807) is 31.6 Å². The zero-order valence-corrected chi connectivity index (χ0v) is 21.4. The first-order valence-electron chi connectivity index (χ1n) is 12.2. The van der Waals surface area contributed by atoms with Crippen molar-refractivity contribution in [2.45, 2.75) is 39.0 Å². The third-order valence-electron chi connectivity index (χ3n) is 7.14. The number of carbonyl (C=O) groups excluding carboxylic acids is 1. The molecular weight excluding hydrogens is 476 g/mol. The minimum atomic E-state index is -1.85. The number of ether oxygens (including phenoxy) is 4. The van der Waals surface area contributed by atoms with E-state index in [0.717, 1.165) is 22.9 Å². The fourth-order valence-corrected chi connectivity index (χ4v) is 5.02. The number of pyridine rings is 2. The van der Waals surface area contributed by atoms with Crippen LogP contribution in [0.2, 0.25) is 0 Å². The van der Waals surface area contributed by atoms with Crippen LogP contribution in [0.25, 0.3) is 28.4 Å². The predicted octanol–water partition coefficient (Wildman–Crippen LogP) is 3.39. The second-order valence-electron chi connectivity index (χ2n) is 9.60. The van der Waals surface area contributed by atoms with Crippen LogP contribution in [0.15, 0.2) is 29.1 Å². The summed E-state index contributed by atoms with van der Waals surface area (Å²) in [5.74, 6) is 0.787. The lowest BCUT2D eigenvalue weighted by Crippen LogP contribution is -2.38. The van der Waals surface area contributed by atoms with Gasteiger partial charge in [0.2, 0.25) is 6.79 Å². The summed E-state index contributed by atoms with van der Waals surface area (Å²) in [6.45, 7) is 4.46. The number of rotatable bonds is 9. The van der Waals surface area contributed by atoms with Gasteiger partial charge in [-0.25, -0.2) is 4.98 Å². The SMILES string of the molecule is COCC/C=C/c1c2c(nc3cc4c(cc13)OCO4)-c1cc([C@](O)(C=O)C(C)C)c(COC)c(=O)n1C2. The summed E-state index contributed by atoms with van der Waals surface area (Å²) in [7, 11) is 3.13. The lowest BCUT2D eigenvalue weighted by molar-refractivity contribution is -0.129. The molecule has 0 spiro atoms. The van der Waals surface area contributed by atoms with Crippen LogP contribution in [0.5, 0.6) is 11.5 Å². The Morgan fingerprint density at radius 2 is 1.95 bits per heavy atom. The molecule has 37 heavy (non-hydrogen) atoms. The van der Waals surface area contributed by atoms with Crippen molar-refractivity contribution in [2.24, 2.45) is 5.92 Å². The molecular formula is C28H30N2O7. The zero-order valence-electron chi connectivity index (χ0n) is 21.4. The maximum atomic E-state index is 13.7. The van der Waals surface area contributed by atoms with E-state index in [1.807, 2.05) is 24.3 Å². The van der Waals surface area contributed by atoms with Crippen molar-refractivity contribution in [1.29, 1.82) is 0 Å². The molecule has 9 nitrogen and oxygen atoms in total. The van der Waals surface area contributed by atoms with Crippen LogP contribution in [0.3, 0.4) is 0 Å². The van der Waals surface area contributed by atoms with Crippen LogP contribution < -0.4 is 15.0 Å². The van der Waals surface area contributed by atoms with Crippen molar-refractivity contribution in [3.63, 3.8) is 0 Å². The normalized spacial score (nSPS) is 15.4. The van der Waals surface area contributed by atoms with E-state index in [2.05, 4.69) is 0 Å². The van der Waals surface area contributed by atoms with Crippen molar-refractivity contribution < 1.29 is 28.8 Å². The minimum Gasteiger partial charge on any atom is -0.454 e. The molecule has 0 saturated carbocycles. The molecule has 2 aliphatic heterocycles. The zero-order chi connectivity index (χ0) is 26.3. The highest BCUT2D eigenvalue weighted by Gasteiger charge is 2.38. The summed E-state index contributed by atoms with van der Waals surface area (Å²) in [5.41, 5.74) is 1.97. The number of hydrogen-bond donors (Lipinski definition) is 1. The smallest absolute Gasteiger partial charge is 0.257 e. The largest absolute Gasteiger partial charge is 0.454 e. The number of aliphatic hydroxyl groups is 1. The minimum absolute atomic E-state index is 0.0335. The second-order valence-corrected chi connectivity index (χ2v) is 9.60. The van der Waals surface area contributed by atoms with Gasteiger partial charge in [-0.05, 0) is 30.0 Å². The van der Waals surface area contributed by atoms with Crippen LogP contribution in [-0.4, -0.2) is 48.6 Å². The fourth-order valence-electron chi connectivity index (χ4n) is 5.02. The fraction of sp³-hybridized carbons (Fsp3) is 0.393. The average molecular weight is 507 g/mol. The van der Waals surface area contributed by atoms with Crippen molar-refractivity contribution >= 4 is 23.3 Å². The van der Waals surface area contributed by atoms with Gasteiger partial charge in [-0.15, -0.1) is 0 Å². The van der Waals surface area contributed by atoms with Crippen LogP contribution in [-0.2, 0) is 33.0 Å². The van der Waals surface area contributed by atoms with E-state index in [1.165, 1.54) is 7.11 Å². The van der Waals surface area contributed by atoms with E-state index in [-0.39, 0.29) is 30.1 Å². The summed E-state index contributed by atoms with van der Waals surface area (Å²) in [5, 5.41) is 12.2. The second kappa shape index (κ2) is 9.74. The molecule has 0 unspecified atom stereocenters. The first-order valence-corrected chi connectivity index (χ1v) is 12.2. The van der Waals surface area contributed by atoms with Crippen molar-refractivity contribution in [2.75, 3.05) is 27.6 Å². The maximum absolute atomic E-state index is 13.7. The monoisotopic (exact) mass is 506 g/mol. The summed E-state index contributed by atoms with van der Waals surface area (Å²) >= 11 is 0. The van der Waals surface area contributed by atoms with Gasteiger partial charge < -0.3 is 28.6 Å². The number of aldehydes is 1. The first-order chi connectivity index (χ1) is 17.8. The average Bonchev–Trinajstić information content (AvgIpc) is 3.50. The van der Waals surface area contributed by atoms with Gasteiger partial charge in [0.1, 0.15) is 5.60 Å². The van der Waals surface area contributed by atoms with Gasteiger partial charge in [-0.3, -0.25) is 9.59 Å². The number of fused-ring (bicyclic) bond motifs is 5. The molecule has 0 saturated heterocycles. The van der Waals surface area contributed by atoms with E-state index >= 15 is 0 Å². The maximum Gasteiger partial charge on any atom is 0.257 e. The molecule has 1 N–H and O–H groups in total. The van der Waals surface area contributed by atoms with E-state index in [4.69, 9.17) is 23.9 Å². The van der Waals surface area contributed by atoms with Gasteiger partial charge in [-0.2, -0.15) is 0 Å². The quantitative estimate of drug-likeness (QED) is 0.272. The Hall–Kier alpha value is -3.53. The lowest BCUT2D eigenvalue weighted by Gasteiger charge is -2.29. The Balaban J connectivity index is 1.79. The number of aromatic nitrogens is 2. The van der Waals surface area contributed by atoms with E-state index in [9.17, 15) is 14.7 Å². The highest BCUT2D eigenvalue weighted by molar-refractivity contribution is 5.95. The Labute approximate surface area is 214 Å². The van der Waals surface area contributed by atoms with Gasteiger partial charge in [-0.1, -0.05) is 26.0 Å². The molecule has 0 amide bonds. The Bertz CT molecular complexity index is 1470. The molecule has 5 rings (SSSR count). The lowest BCUT2D eigenvalue weighted by atomic mass is 9.82. The molecule has 2 aromatic heterocycles. The molecule has 194 valence electrons. The molecule has 0 aliphatic carbocycles. The summed E-state index contributed by atoms with van der Waals surface area (Å²) in [6.07, 6.45) is 5.26. The third kappa shape index (κ3) is 4.03. The molecule has 9 heteroatoms. The van der Waals surface area contributed by atoms with Gasteiger partial charge >= 0.3 is 0 Å². The number of hydrogen-bond acceptors (Lipinski definition) is 8. The number of benzene rings is 1. The number of carbonyl (C=O) groups is 1. The van der Waals surface area contributed by atoms with Crippen LogP contribution in [0.1, 0.15) is 42.5 Å². The van der Waals surface area contributed by atoms with Crippen molar-refractivity contribution in [3.05, 3.63) is 56.9 Å². The van der Waals surface area contributed by atoms with E-state index < -0.39 is 11.5 Å². The highest BCUT2D eigenvalue weighted by Crippen LogP contribution is 2.43. The summed E-state index contributed by atoms with van der Waals surface area (Å²) < 4.78 is 23.3. The topological polar surface area (TPSA) is 109 Å².